The minimum absolute atomic E-state index is 0.263. The van der Waals surface area contributed by atoms with Crippen molar-refractivity contribution in [3.8, 4) is 16.9 Å². The largest absolute Gasteiger partial charge is 0.494 e. The molecule has 0 spiro atoms. The fourth-order valence-electron chi connectivity index (χ4n) is 3.25. The van der Waals surface area contributed by atoms with Gasteiger partial charge in [-0.05, 0) is 54.2 Å². The predicted octanol–water partition coefficient (Wildman–Crippen LogP) is 6.66. The van der Waals surface area contributed by atoms with Crippen LogP contribution < -0.4 is 4.74 Å². The minimum Gasteiger partial charge on any atom is -0.494 e. The molecule has 1 N–H and O–H groups in total. The lowest BCUT2D eigenvalue weighted by Gasteiger charge is -2.10. The van der Waals surface area contributed by atoms with E-state index in [2.05, 4.69) is 13.8 Å². The smallest absolute Gasteiger partial charge is 0.338 e. The number of benzene rings is 2. The summed E-state index contributed by atoms with van der Waals surface area (Å²) in [4.78, 5) is 12.1. The average Bonchev–Trinajstić information content (AvgIpc) is 2.81. The Morgan fingerprint density at radius 1 is 0.839 bits per heavy atom. The van der Waals surface area contributed by atoms with Crippen LogP contribution >= 0.6 is 0 Å². The van der Waals surface area contributed by atoms with Gasteiger partial charge in [0.2, 0.25) is 0 Å². The van der Waals surface area contributed by atoms with Gasteiger partial charge >= 0.3 is 5.97 Å². The molecule has 0 bridgehead atoms. The van der Waals surface area contributed by atoms with E-state index in [1.807, 2.05) is 48.5 Å². The first-order chi connectivity index (χ1) is 15.1. The van der Waals surface area contributed by atoms with Crippen LogP contribution in [0.1, 0.15) is 75.6 Å². The van der Waals surface area contributed by atoms with Gasteiger partial charge in [-0.15, -0.1) is 0 Å². The Morgan fingerprint density at radius 3 is 1.97 bits per heavy atom. The van der Waals surface area contributed by atoms with Crippen molar-refractivity contribution in [2.24, 2.45) is 5.92 Å². The highest BCUT2D eigenvalue weighted by Crippen LogP contribution is 2.23. The van der Waals surface area contributed by atoms with Gasteiger partial charge in [-0.3, -0.25) is 0 Å². The second kappa shape index (κ2) is 14.6. The topological polar surface area (TPSA) is 55.8 Å². The zero-order valence-electron chi connectivity index (χ0n) is 19.1. The molecule has 2 aromatic rings. The molecule has 0 aromatic heterocycles. The van der Waals surface area contributed by atoms with Crippen molar-refractivity contribution in [1.29, 1.82) is 0 Å². The molecule has 4 heteroatoms. The molecule has 0 amide bonds. The number of carbonyl (C=O) groups is 1. The third kappa shape index (κ3) is 9.56. The maximum absolute atomic E-state index is 12.1. The molecule has 0 heterocycles. The Balaban J connectivity index is 1.72. The molecule has 0 saturated heterocycles. The summed E-state index contributed by atoms with van der Waals surface area (Å²) in [6, 6.07) is 15.6. The number of ether oxygens (including phenoxy) is 2. The van der Waals surface area contributed by atoms with Gasteiger partial charge in [0.05, 0.1) is 18.8 Å². The maximum atomic E-state index is 12.1. The first kappa shape index (κ1) is 24.9. The Hall–Kier alpha value is -2.33. The molecule has 0 aliphatic rings. The molecule has 0 aliphatic carbocycles. The fourth-order valence-corrected chi connectivity index (χ4v) is 3.25. The summed E-state index contributed by atoms with van der Waals surface area (Å²) < 4.78 is 11.2. The molecular formula is C27H38O4. The van der Waals surface area contributed by atoms with Crippen LogP contribution in [0.2, 0.25) is 0 Å². The number of unbranched alkanes of at least 4 members (excludes halogenated alkanes) is 6. The molecule has 0 saturated carbocycles. The van der Waals surface area contributed by atoms with Crippen LogP contribution in [0.5, 0.6) is 5.75 Å². The fraction of sp³-hybridized carbons (Fsp3) is 0.519. The molecule has 0 unspecified atom stereocenters. The van der Waals surface area contributed by atoms with Gasteiger partial charge in [-0.25, -0.2) is 4.79 Å². The second-order valence-electron chi connectivity index (χ2n) is 8.26. The molecule has 0 fully saturated rings. The number of aliphatic hydroxyl groups excluding tert-OH is 1. The average molecular weight is 427 g/mol. The lowest BCUT2D eigenvalue weighted by atomic mass is 10.0. The Morgan fingerprint density at radius 2 is 1.39 bits per heavy atom. The highest BCUT2D eigenvalue weighted by atomic mass is 16.5. The van der Waals surface area contributed by atoms with E-state index in [1.165, 1.54) is 25.7 Å². The van der Waals surface area contributed by atoms with Gasteiger partial charge in [0.15, 0.2) is 0 Å². The number of carbonyl (C=O) groups excluding carboxylic acids is 1. The van der Waals surface area contributed by atoms with E-state index in [1.54, 1.807) is 0 Å². The number of hydrogen-bond acceptors (Lipinski definition) is 4. The van der Waals surface area contributed by atoms with Crippen molar-refractivity contribution in [1.82, 2.24) is 0 Å². The van der Waals surface area contributed by atoms with Gasteiger partial charge in [0.1, 0.15) is 5.75 Å². The van der Waals surface area contributed by atoms with Gasteiger partial charge in [-0.1, -0.05) is 76.6 Å². The summed E-state index contributed by atoms with van der Waals surface area (Å²) in [5.41, 5.74) is 2.74. The number of aliphatic hydroxyl groups is 1. The first-order valence-electron chi connectivity index (χ1n) is 11.7. The predicted molar refractivity (Wildman–Crippen MR) is 127 cm³/mol. The summed E-state index contributed by atoms with van der Waals surface area (Å²) in [5.74, 6) is 1.00. The van der Waals surface area contributed by atoms with E-state index in [4.69, 9.17) is 14.6 Å². The molecule has 170 valence electrons. The second-order valence-corrected chi connectivity index (χ2v) is 8.26. The summed E-state index contributed by atoms with van der Waals surface area (Å²) in [7, 11) is 0. The highest BCUT2D eigenvalue weighted by molar-refractivity contribution is 5.90. The Labute approximate surface area is 187 Å². The van der Waals surface area contributed by atoms with Crippen molar-refractivity contribution in [3.05, 3.63) is 54.1 Å². The third-order valence-electron chi connectivity index (χ3n) is 5.58. The molecule has 2 aromatic carbocycles. The van der Waals surface area contributed by atoms with Gasteiger partial charge < -0.3 is 14.6 Å². The van der Waals surface area contributed by atoms with Gasteiger partial charge in [0, 0.05) is 6.61 Å². The van der Waals surface area contributed by atoms with E-state index in [0.717, 1.165) is 49.2 Å². The van der Waals surface area contributed by atoms with Crippen LogP contribution in [0.25, 0.3) is 11.1 Å². The SMILES string of the molecule is CC[C@H](C)COC(=O)c1ccc(-c2ccc(OCCCCCCCCCO)cc2)cc1. The van der Waals surface area contributed by atoms with E-state index in [-0.39, 0.29) is 5.97 Å². The third-order valence-corrected chi connectivity index (χ3v) is 5.58. The van der Waals surface area contributed by atoms with Crippen LogP contribution in [0.15, 0.2) is 48.5 Å². The van der Waals surface area contributed by atoms with Gasteiger partial charge in [0.25, 0.3) is 0 Å². The van der Waals surface area contributed by atoms with Crippen LogP contribution in [-0.4, -0.2) is 30.9 Å². The first-order valence-corrected chi connectivity index (χ1v) is 11.7. The lowest BCUT2D eigenvalue weighted by Crippen LogP contribution is -2.11. The minimum atomic E-state index is -0.263. The molecule has 0 aliphatic heterocycles. The molecular weight excluding hydrogens is 388 g/mol. The van der Waals surface area contributed by atoms with E-state index in [0.29, 0.717) is 24.7 Å². The summed E-state index contributed by atoms with van der Waals surface area (Å²) >= 11 is 0. The monoisotopic (exact) mass is 426 g/mol. The quantitative estimate of drug-likeness (QED) is 0.256. The molecule has 31 heavy (non-hydrogen) atoms. The Kier molecular flexibility index (Phi) is 11.8. The van der Waals surface area contributed by atoms with E-state index in [9.17, 15) is 4.79 Å². The standard InChI is InChI=1S/C27H38O4/c1-3-22(2)21-31-27(29)25-13-11-23(12-14-25)24-15-17-26(18-16-24)30-20-10-8-6-4-5-7-9-19-28/h11-18,22,28H,3-10,19-21H2,1-2H3/t22-/m0/s1. The van der Waals surface area contributed by atoms with E-state index >= 15 is 0 Å². The lowest BCUT2D eigenvalue weighted by molar-refractivity contribution is 0.0447. The Bertz CT molecular complexity index is 737. The van der Waals surface area contributed by atoms with Crippen molar-refractivity contribution < 1.29 is 19.4 Å². The van der Waals surface area contributed by atoms with Crippen LogP contribution in [0, 0.1) is 5.92 Å². The molecule has 2 rings (SSSR count). The number of esters is 1. The number of hydrogen-bond donors (Lipinski definition) is 1. The van der Waals surface area contributed by atoms with Crippen LogP contribution in [0.3, 0.4) is 0 Å². The summed E-state index contributed by atoms with van der Waals surface area (Å²) in [5, 5.41) is 8.77. The number of rotatable bonds is 15. The normalized spacial score (nSPS) is 11.8. The maximum Gasteiger partial charge on any atom is 0.338 e. The molecule has 4 nitrogen and oxygen atoms in total. The zero-order chi connectivity index (χ0) is 22.3. The van der Waals surface area contributed by atoms with Crippen molar-refractivity contribution >= 4 is 5.97 Å². The van der Waals surface area contributed by atoms with Crippen LogP contribution in [-0.2, 0) is 4.74 Å². The van der Waals surface area contributed by atoms with Crippen LogP contribution in [0.4, 0.5) is 0 Å². The molecule has 0 radical (unpaired) electrons. The zero-order valence-corrected chi connectivity index (χ0v) is 19.1. The van der Waals surface area contributed by atoms with Crippen molar-refractivity contribution in [2.45, 2.75) is 65.2 Å². The van der Waals surface area contributed by atoms with Gasteiger partial charge in [-0.2, -0.15) is 0 Å². The molecule has 1 atom stereocenters. The summed E-state index contributed by atoms with van der Waals surface area (Å²) in [6.07, 6.45) is 8.98. The summed E-state index contributed by atoms with van der Waals surface area (Å²) in [6.45, 7) is 5.68. The van der Waals surface area contributed by atoms with E-state index < -0.39 is 0 Å². The highest BCUT2D eigenvalue weighted by Gasteiger charge is 2.09. The van der Waals surface area contributed by atoms with Crippen molar-refractivity contribution in [3.63, 3.8) is 0 Å². The van der Waals surface area contributed by atoms with Crippen molar-refractivity contribution in [2.75, 3.05) is 19.8 Å².